The number of nitrogens with one attached hydrogen (secondary N) is 1. The van der Waals surface area contributed by atoms with Crippen molar-refractivity contribution in [2.24, 2.45) is 0 Å². The van der Waals surface area contributed by atoms with Gasteiger partial charge in [-0.15, -0.1) is 0 Å². The third kappa shape index (κ3) is 5.56. The average molecular weight is 223 g/mol. The fourth-order valence-corrected chi connectivity index (χ4v) is 0.958. The Morgan fingerprint density at radius 2 is 1.88 bits per heavy atom. The summed E-state index contributed by atoms with van der Waals surface area (Å²) >= 11 is 0. The quantitative estimate of drug-likeness (QED) is 0.707. The molecule has 0 heterocycles. The van der Waals surface area contributed by atoms with Crippen molar-refractivity contribution in [2.45, 2.75) is 0 Å². The van der Waals surface area contributed by atoms with Crippen molar-refractivity contribution < 1.29 is 20.2 Å². The lowest BCUT2D eigenvalue weighted by Crippen LogP contribution is -2.27. The van der Waals surface area contributed by atoms with Gasteiger partial charge in [0.25, 0.3) is 0 Å². The van der Waals surface area contributed by atoms with Crippen LogP contribution in [0.1, 0.15) is 5.56 Å². The van der Waals surface area contributed by atoms with Crippen LogP contribution in [0.2, 0.25) is 0 Å². The third-order valence-electron chi connectivity index (χ3n) is 1.64. The molecule has 5 heteroatoms. The van der Waals surface area contributed by atoms with Gasteiger partial charge in [0.15, 0.2) is 0 Å². The molecular formula is C11H13NO4. The van der Waals surface area contributed by atoms with Crippen molar-refractivity contribution in [1.29, 1.82) is 0 Å². The third-order valence-corrected chi connectivity index (χ3v) is 1.64. The Labute approximate surface area is 92.7 Å². The van der Waals surface area contributed by atoms with Gasteiger partial charge in [-0.3, -0.25) is 9.59 Å². The Bertz CT molecular complexity index is 373. The molecule has 0 aliphatic rings. The van der Waals surface area contributed by atoms with E-state index in [-0.39, 0.29) is 12.0 Å². The molecular weight excluding hydrogens is 210 g/mol. The number of benzene rings is 1. The van der Waals surface area contributed by atoms with Gasteiger partial charge < -0.3 is 15.9 Å². The molecule has 1 amide bonds. The molecule has 4 N–H and O–H groups in total. The minimum Gasteiger partial charge on any atom is -0.480 e. The van der Waals surface area contributed by atoms with E-state index >= 15 is 0 Å². The largest absolute Gasteiger partial charge is 0.480 e. The van der Waals surface area contributed by atoms with Crippen molar-refractivity contribution in [2.75, 3.05) is 6.54 Å². The van der Waals surface area contributed by atoms with E-state index < -0.39 is 11.9 Å². The summed E-state index contributed by atoms with van der Waals surface area (Å²) in [5.74, 6) is -1.47. The summed E-state index contributed by atoms with van der Waals surface area (Å²) in [5, 5.41) is 10.5. The van der Waals surface area contributed by atoms with E-state index in [1.54, 1.807) is 6.08 Å². The first kappa shape index (κ1) is 13.9. The molecule has 0 fully saturated rings. The second-order valence-corrected chi connectivity index (χ2v) is 2.86. The Morgan fingerprint density at radius 1 is 1.25 bits per heavy atom. The molecule has 16 heavy (non-hydrogen) atoms. The SMILES string of the molecule is O.O=C(O)CNC(=O)C=Cc1ccccc1. The fourth-order valence-electron chi connectivity index (χ4n) is 0.958. The van der Waals surface area contributed by atoms with Crippen LogP contribution in [0.3, 0.4) is 0 Å². The number of carbonyl (C=O) groups excluding carboxylic acids is 1. The summed E-state index contributed by atoms with van der Waals surface area (Å²) in [6.45, 7) is -0.363. The zero-order valence-corrected chi connectivity index (χ0v) is 8.51. The molecule has 0 spiro atoms. The van der Waals surface area contributed by atoms with Crippen LogP contribution in [0.5, 0.6) is 0 Å². The number of carbonyl (C=O) groups is 2. The highest BCUT2D eigenvalue weighted by Gasteiger charge is 1.98. The zero-order chi connectivity index (χ0) is 11.1. The predicted molar refractivity (Wildman–Crippen MR) is 59.7 cm³/mol. The Balaban J connectivity index is 0.00000225. The van der Waals surface area contributed by atoms with Crippen LogP contribution in [0.4, 0.5) is 0 Å². The van der Waals surface area contributed by atoms with Crippen molar-refractivity contribution in [1.82, 2.24) is 5.32 Å². The smallest absolute Gasteiger partial charge is 0.322 e. The number of hydrogen-bond acceptors (Lipinski definition) is 2. The lowest BCUT2D eigenvalue weighted by Gasteiger charge is -1.96. The van der Waals surface area contributed by atoms with E-state index in [0.717, 1.165) is 5.56 Å². The van der Waals surface area contributed by atoms with Gasteiger partial charge in [0.1, 0.15) is 6.54 Å². The minimum absolute atomic E-state index is 0. The standard InChI is InChI=1S/C11H11NO3.H2O/c13-10(12-8-11(14)15)7-6-9-4-2-1-3-5-9;/h1-7H,8H2,(H,12,13)(H,14,15);1H2. The summed E-state index contributed by atoms with van der Waals surface area (Å²) in [7, 11) is 0. The molecule has 1 rings (SSSR count). The first-order valence-electron chi connectivity index (χ1n) is 4.41. The van der Waals surface area contributed by atoms with Gasteiger partial charge in [-0.2, -0.15) is 0 Å². The van der Waals surface area contributed by atoms with Gasteiger partial charge in [0.05, 0.1) is 0 Å². The van der Waals surface area contributed by atoms with Crippen LogP contribution in [0.15, 0.2) is 36.4 Å². The average Bonchev–Trinajstić information content (AvgIpc) is 2.25. The number of amides is 1. The van der Waals surface area contributed by atoms with Crippen LogP contribution in [0.25, 0.3) is 6.08 Å². The molecule has 86 valence electrons. The van der Waals surface area contributed by atoms with E-state index in [1.165, 1.54) is 6.08 Å². The monoisotopic (exact) mass is 223 g/mol. The van der Waals surface area contributed by atoms with E-state index in [0.29, 0.717) is 0 Å². The topological polar surface area (TPSA) is 97.9 Å². The van der Waals surface area contributed by atoms with Crippen molar-refractivity contribution in [3.8, 4) is 0 Å². The molecule has 1 aromatic rings. The highest BCUT2D eigenvalue weighted by Crippen LogP contribution is 2.00. The lowest BCUT2D eigenvalue weighted by atomic mass is 10.2. The lowest BCUT2D eigenvalue weighted by molar-refractivity contribution is -0.137. The maximum absolute atomic E-state index is 11.1. The van der Waals surface area contributed by atoms with Crippen LogP contribution >= 0.6 is 0 Å². The Hall–Kier alpha value is -2.14. The molecule has 0 aliphatic heterocycles. The molecule has 0 atom stereocenters. The van der Waals surface area contributed by atoms with Crippen LogP contribution < -0.4 is 5.32 Å². The number of hydrogen-bond donors (Lipinski definition) is 2. The Kier molecular flexibility index (Phi) is 6.23. The van der Waals surface area contributed by atoms with Crippen molar-refractivity contribution in [3.05, 3.63) is 42.0 Å². The first-order valence-corrected chi connectivity index (χ1v) is 4.41. The highest BCUT2D eigenvalue weighted by atomic mass is 16.4. The highest BCUT2D eigenvalue weighted by molar-refractivity contribution is 5.93. The van der Waals surface area contributed by atoms with Crippen molar-refractivity contribution >= 4 is 18.0 Å². The summed E-state index contributed by atoms with van der Waals surface area (Å²) in [6, 6.07) is 9.29. The maximum Gasteiger partial charge on any atom is 0.322 e. The van der Waals surface area contributed by atoms with Gasteiger partial charge in [-0.25, -0.2) is 0 Å². The fraction of sp³-hybridized carbons (Fsp3) is 0.0909. The van der Waals surface area contributed by atoms with Gasteiger partial charge in [-0.05, 0) is 11.6 Å². The molecule has 5 nitrogen and oxygen atoms in total. The molecule has 0 saturated heterocycles. The molecule has 1 aromatic carbocycles. The molecule has 0 saturated carbocycles. The number of rotatable bonds is 4. The van der Waals surface area contributed by atoms with E-state index in [4.69, 9.17) is 5.11 Å². The van der Waals surface area contributed by atoms with Gasteiger partial charge >= 0.3 is 5.97 Å². The summed E-state index contributed by atoms with van der Waals surface area (Å²) in [5.41, 5.74) is 0.892. The molecule has 0 bridgehead atoms. The molecule has 0 radical (unpaired) electrons. The second kappa shape index (κ2) is 7.19. The van der Waals surface area contributed by atoms with Gasteiger partial charge in [-0.1, -0.05) is 30.3 Å². The van der Waals surface area contributed by atoms with Crippen LogP contribution in [-0.4, -0.2) is 29.0 Å². The number of carboxylic acid groups (broad SMARTS) is 1. The van der Waals surface area contributed by atoms with Crippen LogP contribution in [0, 0.1) is 0 Å². The molecule has 0 unspecified atom stereocenters. The normalized spacial score (nSPS) is 9.50. The van der Waals surface area contributed by atoms with Crippen LogP contribution in [-0.2, 0) is 9.59 Å². The second-order valence-electron chi connectivity index (χ2n) is 2.86. The summed E-state index contributed by atoms with van der Waals surface area (Å²) in [4.78, 5) is 21.2. The molecule has 0 aromatic heterocycles. The van der Waals surface area contributed by atoms with Gasteiger partial charge in [0.2, 0.25) is 5.91 Å². The van der Waals surface area contributed by atoms with E-state index in [9.17, 15) is 9.59 Å². The predicted octanol–water partition coefficient (Wildman–Crippen LogP) is 0.0759. The van der Waals surface area contributed by atoms with E-state index in [2.05, 4.69) is 5.32 Å². The summed E-state index contributed by atoms with van der Waals surface area (Å²) in [6.07, 6.45) is 2.93. The first-order chi connectivity index (χ1) is 7.18. The minimum atomic E-state index is -1.06. The Morgan fingerprint density at radius 3 is 2.44 bits per heavy atom. The summed E-state index contributed by atoms with van der Waals surface area (Å²) < 4.78 is 0. The zero-order valence-electron chi connectivity index (χ0n) is 8.51. The van der Waals surface area contributed by atoms with Gasteiger partial charge in [0, 0.05) is 6.08 Å². The molecule has 0 aliphatic carbocycles. The maximum atomic E-state index is 11.1. The van der Waals surface area contributed by atoms with Crippen molar-refractivity contribution in [3.63, 3.8) is 0 Å². The van der Waals surface area contributed by atoms with E-state index in [1.807, 2.05) is 30.3 Å². The number of aliphatic carboxylic acids is 1. The number of carboxylic acids is 1.